The topological polar surface area (TPSA) is 22.1 Å². The molecule has 0 spiro atoms. The lowest BCUT2D eigenvalue weighted by atomic mass is 10.1. The monoisotopic (exact) mass is 287 g/mol. The fourth-order valence-corrected chi connectivity index (χ4v) is 1.85. The SMILES string of the molecule is CCCc1ccc(C#Cc2ccc(OC)c(F)c2F)nc1. The average Bonchev–Trinajstić information content (AvgIpc) is 2.50. The Morgan fingerprint density at radius 3 is 2.52 bits per heavy atom. The van der Waals surface area contributed by atoms with Gasteiger partial charge in [-0.05, 0) is 36.1 Å². The average molecular weight is 287 g/mol. The van der Waals surface area contributed by atoms with E-state index in [1.165, 1.54) is 19.2 Å². The van der Waals surface area contributed by atoms with E-state index in [0.29, 0.717) is 5.69 Å². The van der Waals surface area contributed by atoms with Gasteiger partial charge < -0.3 is 4.74 Å². The number of pyridine rings is 1. The lowest BCUT2D eigenvalue weighted by molar-refractivity contribution is 0.371. The van der Waals surface area contributed by atoms with Gasteiger partial charge in [-0.3, -0.25) is 0 Å². The number of hydrogen-bond acceptors (Lipinski definition) is 2. The third-order valence-corrected chi connectivity index (χ3v) is 2.96. The first-order valence-electron chi connectivity index (χ1n) is 6.64. The predicted molar refractivity (Wildman–Crippen MR) is 77.1 cm³/mol. The first kappa shape index (κ1) is 15.0. The number of methoxy groups -OCH3 is 1. The van der Waals surface area contributed by atoms with Gasteiger partial charge in [-0.15, -0.1) is 0 Å². The number of ether oxygens (including phenoxy) is 1. The summed E-state index contributed by atoms with van der Waals surface area (Å²) in [6.45, 7) is 2.09. The van der Waals surface area contributed by atoms with Crippen LogP contribution in [0.25, 0.3) is 0 Å². The highest BCUT2D eigenvalue weighted by Gasteiger charge is 2.12. The summed E-state index contributed by atoms with van der Waals surface area (Å²) in [4.78, 5) is 4.18. The number of benzene rings is 1. The van der Waals surface area contributed by atoms with E-state index in [-0.39, 0.29) is 11.3 Å². The molecule has 0 saturated heterocycles. The van der Waals surface area contributed by atoms with Crippen molar-refractivity contribution in [1.29, 1.82) is 0 Å². The molecular weight excluding hydrogens is 272 g/mol. The van der Waals surface area contributed by atoms with Crippen LogP contribution in [-0.2, 0) is 6.42 Å². The van der Waals surface area contributed by atoms with Crippen molar-refractivity contribution in [2.75, 3.05) is 7.11 Å². The first-order chi connectivity index (χ1) is 10.2. The molecule has 0 aliphatic heterocycles. The maximum atomic E-state index is 13.7. The van der Waals surface area contributed by atoms with Gasteiger partial charge >= 0.3 is 0 Å². The summed E-state index contributed by atoms with van der Waals surface area (Å²) in [5.41, 5.74) is 1.63. The standard InChI is InChI=1S/C17H15F2NO/c1-3-4-12-5-8-14(20-11-12)9-6-13-7-10-15(21-2)17(19)16(13)18/h5,7-8,10-11H,3-4H2,1-2H3. The van der Waals surface area contributed by atoms with E-state index in [1.54, 1.807) is 12.3 Å². The Kier molecular flexibility index (Phi) is 4.89. The van der Waals surface area contributed by atoms with Gasteiger partial charge in [0.15, 0.2) is 11.6 Å². The summed E-state index contributed by atoms with van der Waals surface area (Å²) in [5.74, 6) is 3.14. The molecule has 0 bridgehead atoms. The maximum absolute atomic E-state index is 13.7. The Labute approximate surface area is 122 Å². The Morgan fingerprint density at radius 1 is 1.10 bits per heavy atom. The summed E-state index contributed by atoms with van der Waals surface area (Å²) in [6.07, 6.45) is 3.75. The van der Waals surface area contributed by atoms with Crippen molar-refractivity contribution in [3.63, 3.8) is 0 Å². The molecule has 0 aliphatic carbocycles. The molecule has 0 N–H and O–H groups in total. The predicted octanol–water partition coefficient (Wildman–Crippen LogP) is 3.72. The van der Waals surface area contributed by atoms with Crippen molar-refractivity contribution in [3.8, 4) is 17.6 Å². The van der Waals surface area contributed by atoms with Crippen LogP contribution < -0.4 is 4.74 Å². The molecule has 21 heavy (non-hydrogen) atoms. The number of nitrogens with zero attached hydrogens (tertiary/aromatic N) is 1. The van der Waals surface area contributed by atoms with E-state index in [0.717, 1.165) is 18.4 Å². The molecule has 108 valence electrons. The van der Waals surface area contributed by atoms with Crippen LogP contribution in [0.5, 0.6) is 5.75 Å². The van der Waals surface area contributed by atoms with Crippen LogP contribution in [-0.4, -0.2) is 12.1 Å². The number of halogens is 2. The molecule has 0 atom stereocenters. The molecular formula is C17H15F2NO. The fourth-order valence-electron chi connectivity index (χ4n) is 1.85. The Bertz CT molecular complexity index is 684. The summed E-state index contributed by atoms with van der Waals surface area (Å²) >= 11 is 0. The summed E-state index contributed by atoms with van der Waals surface area (Å²) in [6, 6.07) is 6.44. The van der Waals surface area contributed by atoms with Crippen molar-refractivity contribution < 1.29 is 13.5 Å². The van der Waals surface area contributed by atoms with Gasteiger partial charge in [-0.25, -0.2) is 9.37 Å². The third-order valence-electron chi connectivity index (χ3n) is 2.96. The smallest absolute Gasteiger partial charge is 0.201 e. The normalized spacial score (nSPS) is 9.90. The number of aromatic nitrogens is 1. The minimum absolute atomic E-state index is 0.0206. The second-order valence-electron chi connectivity index (χ2n) is 4.50. The molecule has 1 aromatic heterocycles. The van der Waals surface area contributed by atoms with E-state index in [4.69, 9.17) is 4.74 Å². The molecule has 1 aromatic carbocycles. The Hall–Kier alpha value is -2.41. The lowest BCUT2D eigenvalue weighted by Gasteiger charge is -2.03. The molecule has 0 unspecified atom stereocenters. The molecule has 0 saturated carbocycles. The van der Waals surface area contributed by atoms with E-state index in [9.17, 15) is 8.78 Å². The van der Waals surface area contributed by atoms with Gasteiger partial charge in [0.1, 0.15) is 5.69 Å². The quantitative estimate of drug-likeness (QED) is 0.803. The fraction of sp³-hybridized carbons (Fsp3) is 0.235. The molecule has 0 radical (unpaired) electrons. The van der Waals surface area contributed by atoms with Gasteiger partial charge in [0, 0.05) is 6.20 Å². The van der Waals surface area contributed by atoms with Crippen molar-refractivity contribution >= 4 is 0 Å². The van der Waals surface area contributed by atoms with Gasteiger partial charge in [0.05, 0.1) is 12.7 Å². The zero-order valence-corrected chi connectivity index (χ0v) is 11.9. The molecule has 1 heterocycles. The maximum Gasteiger partial charge on any atom is 0.201 e. The van der Waals surface area contributed by atoms with Gasteiger partial charge in [-0.1, -0.05) is 25.3 Å². The van der Waals surface area contributed by atoms with E-state index in [1.807, 2.05) is 6.07 Å². The van der Waals surface area contributed by atoms with E-state index >= 15 is 0 Å². The minimum Gasteiger partial charge on any atom is -0.494 e. The Morgan fingerprint density at radius 2 is 1.90 bits per heavy atom. The largest absolute Gasteiger partial charge is 0.494 e. The van der Waals surface area contributed by atoms with Crippen LogP contribution in [0.1, 0.15) is 30.2 Å². The number of aryl methyl sites for hydroxylation is 1. The third kappa shape index (κ3) is 3.57. The van der Waals surface area contributed by atoms with Crippen LogP contribution in [0.15, 0.2) is 30.5 Å². The Balaban J connectivity index is 2.24. The molecule has 2 aromatic rings. The number of hydrogen-bond donors (Lipinski definition) is 0. The van der Waals surface area contributed by atoms with Crippen LogP contribution in [0.2, 0.25) is 0 Å². The minimum atomic E-state index is -1.03. The summed E-state index contributed by atoms with van der Waals surface area (Å²) in [7, 11) is 1.28. The zero-order chi connectivity index (χ0) is 15.2. The number of rotatable bonds is 3. The lowest BCUT2D eigenvalue weighted by Crippen LogP contribution is -1.95. The van der Waals surface area contributed by atoms with Crippen LogP contribution >= 0.6 is 0 Å². The van der Waals surface area contributed by atoms with Crippen molar-refractivity contribution in [3.05, 3.63) is 58.9 Å². The van der Waals surface area contributed by atoms with Gasteiger partial charge in [0.2, 0.25) is 5.82 Å². The van der Waals surface area contributed by atoms with Crippen LogP contribution in [0, 0.1) is 23.5 Å². The summed E-state index contributed by atoms with van der Waals surface area (Å²) < 4.78 is 32.0. The molecule has 0 fully saturated rings. The highest BCUT2D eigenvalue weighted by atomic mass is 19.2. The van der Waals surface area contributed by atoms with Gasteiger partial charge in [0.25, 0.3) is 0 Å². The highest BCUT2D eigenvalue weighted by Crippen LogP contribution is 2.21. The molecule has 0 amide bonds. The highest BCUT2D eigenvalue weighted by molar-refractivity contribution is 5.44. The second kappa shape index (κ2) is 6.85. The van der Waals surface area contributed by atoms with Crippen molar-refractivity contribution in [2.45, 2.75) is 19.8 Å². The molecule has 2 rings (SSSR count). The van der Waals surface area contributed by atoms with Crippen molar-refractivity contribution in [1.82, 2.24) is 4.98 Å². The van der Waals surface area contributed by atoms with E-state index in [2.05, 4.69) is 23.7 Å². The molecule has 4 heteroatoms. The van der Waals surface area contributed by atoms with Crippen LogP contribution in [0.4, 0.5) is 8.78 Å². The van der Waals surface area contributed by atoms with Crippen molar-refractivity contribution in [2.24, 2.45) is 0 Å². The molecule has 2 nitrogen and oxygen atoms in total. The van der Waals surface area contributed by atoms with Gasteiger partial charge in [-0.2, -0.15) is 4.39 Å². The first-order valence-corrected chi connectivity index (χ1v) is 6.64. The zero-order valence-electron chi connectivity index (χ0n) is 11.9. The summed E-state index contributed by atoms with van der Waals surface area (Å²) in [5, 5.41) is 0. The van der Waals surface area contributed by atoms with Crippen LogP contribution in [0.3, 0.4) is 0 Å². The molecule has 0 aliphatic rings. The second-order valence-corrected chi connectivity index (χ2v) is 4.50. The van der Waals surface area contributed by atoms with E-state index < -0.39 is 11.6 Å².